The van der Waals surface area contributed by atoms with E-state index in [1.807, 2.05) is 0 Å². The van der Waals surface area contributed by atoms with Crippen molar-refractivity contribution in [2.24, 2.45) is 0 Å². The lowest BCUT2D eigenvalue weighted by Crippen LogP contribution is -2.16. The van der Waals surface area contributed by atoms with E-state index in [-0.39, 0.29) is 5.82 Å². The summed E-state index contributed by atoms with van der Waals surface area (Å²) in [6.45, 7) is 3.40. The Kier molecular flexibility index (Phi) is 2.74. The molecule has 7 heteroatoms. The van der Waals surface area contributed by atoms with Crippen LogP contribution in [0.3, 0.4) is 0 Å². The van der Waals surface area contributed by atoms with Gasteiger partial charge >= 0.3 is 0 Å². The van der Waals surface area contributed by atoms with Gasteiger partial charge in [-0.25, -0.2) is 23.4 Å². The number of aromatic amines is 1. The van der Waals surface area contributed by atoms with Crippen molar-refractivity contribution >= 4 is 0 Å². The third kappa shape index (κ3) is 2.22. The van der Waals surface area contributed by atoms with E-state index in [1.165, 1.54) is 0 Å². The number of alkyl halides is 2. The zero-order chi connectivity index (χ0) is 12.6. The van der Waals surface area contributed by atoms with E-state index in [4.69, 9.17) is 0 Å². The molecule has 2 rings (SSSR count). The van der Waals surface area contributed by atoms with Crippen molar-refractivity contribution in [3.8, 4) is 5.82 Å². The topological polar surface area (TPSA) is 63.6 Å². The predicted octanol–water partition coefficient (Wildman–Crippen LogP) is 1.51. The summed E-state index contributed by atoms with van der Waals surface area (Å²) in [4.78, 5) is 19.6. The van der Waals surface area contributed by atoms with Crippen molar-refractivity contribution in [2.45, 2.75) is 20.3 Å². The Balaban J connectivity index is 2.56. The molecular weight excluding hydrogens is 230 g/mol. The number of halogens is 2. The maximum absolute atomic E-state index is 12.4. The highest BCUT2D eigenvalue weighted by molar-refractivity contribution is 5.24. The molecule has 2 heterocycles. The van der Waals surface area contributed by atoms with Crippen LogP contribution in [-0.2, 0) is 0 Å². The minimum absolute atomic E-state index is 0.256. The molecule has 2 aromatic rings. The van der Waals surface area contributed by atoms with Gasteiger partial charge in [0.15, 0.2) is 5.82 Å². The van der Waals surface area contributed by atoms with E-state index >= 15 is 0 Å². The van der Waals surface area contributed by atoms with Gasteiger partial charge in [-0.3, -0.25) is 9.89 Å². The Hall–Kier alpha value is -2.05. The molecule has 0 atom stereocenters. The third-order valence-corrected chi connectivity index (χ3v) is 2.16. The summed E-state index contributed by atoms with van der Waals surface area (Å²) < 4.78 is 25.8. The first-order chi connectivity index (χ1) is 7.97. The van der Waals surface area contributed by atoms with Crippen LogP contribution in [-0.4, -0.2) is 19.7 Å². The number of H-pyrrole nitrogens is 1. The maximum atomic E-state index is 12.4. The van der Waals surface area contributed by atoms with E-state index in [2.05, 4.69) is 15.1 Å². The highest BCUT2D eigenvalue weighted by Crippen LogP contribution is 2.14. The lowest BCUT2D eigenvalue weighted by molar-refractivity contribution is 0.145. The number of hydrogen-bond donors (Lipinski definition) is 1. The quantitative estimate of drug-likeness (QED) is 0.865. The minimum Gasteiger partial charge on any atom is -0.288 e. The summed E-state index contributed by atoms with van der Waals surface area (Å²) in [5, 5.41) is 2.32. The summed E-state index contributed by atoms with van der Waals surface area (Å²) >= 11 is 0. The fraction of sp³-hybridized carbons (Fsp3) is 0.300. The summed E-state index contributed by atoms with van der Waals surface area (Å²) in [7, 11) is 0. The summed E-state index contributed by atoms with van der Waals surface area (Å²) in [5.41, 5.74) is -0.339. The molecule has 90 valence electrons. The van der Waals surface area contributed by atoms with Gasteiger partial charge in [-0.2, -0.15) is 0 Å². The largest absolute Gasteiger partial charge is 0.288 e. The van der Waals surface area contributed by atoms with Crippen molar-refractivity contribution < 1.29 is 8.78 Å². The Labute approximate surface area is 95.1 Å². The van der Waals surface area contributed by atoms with E-state index in [1.54, 1.807) is 19.9 Å². The van der Waals surface area contributed by atoms with Gasteiger partial charge < -0.3 is 0 Å². The van der Waals surface area contributed by atoms with Gasteiger partial charge in [0.05, 0.1) is 0 Å². The summed E-state index contributed by atoms with van der Waals surface area (Å²) in [6.07, 6.45) is -2.71. The number of aromatic nitrogens is 4. The van der Waals surface area contributed by atoms with Crippen LogP contribution >= 0.6 is 0 Å². The lowest BCUT2D eigenvalue weighted by atomic mass is 10.4. The van der Waals surface area contributed by atoms with Gasteiger partial charge in [0.25, 0.3) is 12.0 Å². The highest BCUT2D eigenvalue weighted by Gasteiger charge is 2.14. The van der Waals surface area contributed by atoms with E-state index in [9.17, 15) is 13.6 Å². The number of hydrogen-bond acceptors (Lipinski definition) is 3. The van der Waals surface area contributed by atoms with Gasteiger partial charge in [0.2, 0.25) is 0 Å². The monoisotopic (exact) mass is 240 g/mol. The molecule has 0 radical (unpaired) electrons. The van der Waals surface area contributed by atoms with Gasteiger partial charge in [-0.05, 0) is 13.8 Å². The van der Waals surface area contributed by atoms with Gasteiger partial charge in [0, 0.05) is 17.8 Å². The smallest absolute Gasteiger partial charge is 0.279 e. The Bertz CT molecular complexity index is 582. The molecule has 1 N–H and O–H groups in total. The second kappa shape index (κ2) is 4.08. The standard InChI is InChI=1S/C10H10F2N4O/c1-5-3-8(14-6(2)13-5)16-9(17)4-7(15-16)10(11)12/h3-4,10,15H,1-2H3. The molecule has 0 saturated heterocycles. The van der Waals surface area contributed by atoms with Crippen LogP contribution in [0.15, 0.2) is 16.9 Å². The van der Waals surface area contributed by atoms with Crippen molar-refractivity contribution in [3.05, 3.63) is 39.7 Å². The van der Waals surface area contributed by atoms with Crippen LogP contribution in [0.25, 0.3) is 5.82 Å². The first kappa shape index (κ1) is 11.4. The van der Waals surface area contributed by atoms with Crippen molar-refractivity contribution in [3.63, 3.8) is 0 Å². The zero-order valence-electron chi connectivity index (χ0n) is 9.24. The molecule has 0 spiro atoms. The average molecular weight is 240 g/mol. The Morgan fingerprint density at radius 1 is 1.29 bits per heavy atom. The summed E-state index contributed by atoms with van der Waals surface area (Å²) in [5.74, 6) is 0.729. The average Bonchev–Trinajstić information content (AvgIpc) is 2.59. The van der Waals surface area contributed by atoms with Crippen LogP contribution in [0.2, 0.25) is 0 Å². The van der Waals surface area contributed by atoms with Crippen LogP contribution in [0.4, 0.5) is 8.78 Å². The number of nitrogens with zero attached hydrogens (tertiary/aromatic N) is 3. The lowest BCUT2D eigenvalue weighted by Gasteiger charge is -2.03. The fourth-order valence-corrected chi connectivity index (χ4v) is 1.51. The predicted molar refractivity (Wildman–Crippen MR) is 56.4 cm³/mol. The Morgan fingerprint density at radius 2 is 2.00 bits per heavy atom. The van der Waals surface area contributed by atoms with Crippen LogP contribution < -0.4 is 5.56 Å². The zero-order valence-corrected chi connectivity index (χ0v) is 9.24. The first-order valence-electron chi connectivity index (χ1n) is 4.90. The molecule has 0 unspecified atom stereocenters. The first-order valence-corrected chi connectivity index (χ1v) is 4.90. The van der Waals surface area contributed by atoms with Crippen molar-refractivity contribution in [1.29, 1.82) is 0 Å². The van der Waals surface area contributed by atoms with E-state index in [0.29, 0.717) is 11.5 Å². The van der Waals surface area contributed by atoms with E-state index < -0.39 is 17.7 Å². The van der Waals surface area contributed by atoms with Gasteiger partial charge in [-0.15, -0.1) is 0 Å². The molecule has 0 saturated carbocycles. The molecule has 17 heavy (non-hydrogen) atoms. The molecule has 0 aliphatic heterocycles. The molecule has 5 nitrogen and oxygen atoms in total. The third-order valence-electron chi connectivity index (χ3n) is 2.16. The van der Waals surface area contributed by atoms with Crippen LogP contribution in [0.5, 0.6) is 0 Å². The minimum atomic E-state index is -2.71. The maximum Gasteiger partial charge on any atom is 0.279 e. The number of nitrogens with one attached hydrogen (secondary N) is 1. The molecule has 0 aromatic carbocycles. The molecule has 0 amide bonds. The Morgan fingerprint density at radius 3 is 2.53 bits per heavy atom. The molecule has 2 aromatic heterocycles. The van der Waals surface area contributed by atoms with Gasteiger partial charge in [0.1, 0.15) is 11.5 Å². The van der Waals surface area contributed by atoms with Crippen LogP contribution in [0, 0.1) is 13.8 Å². The normalized spacial score (nSPS) is 11.1. The van der Waals surface area contributed by atoms with Crippen LogP contribution in [0.1, 0.15) is 23.6 Å². The number of rotatable bonds is 2. The van der Waals surface area contributed by atoms with Crippen molar-refractivity contribution in [2.75, 3.05) is 0 Å². The second-order valence-electron chi connectivity index (χ2n) is 3.60. The van der Waals surface area contributed by atoms with Crippen molar-refractivity contribution in [1.82, 2.24) is 19.7 Å². The second-order valence-corrected chi connectivity index (χ2v) is 3.60. The fourth-order valence-electron chi connectivity index (χ4n) is 1.51. The molecule has 0 aliphatic carbocycles. The van der Waals surface area contributed by atoms with Gasteiger partial charge in [-0.1, -0.05) is 0 Å². The molecular formula is C10H10F2N4O. The SMILES string of the molecule is Cc1cc(-n2[nH]c(C(F)F)cc2=O)nc(C)n1. The molecule has 0 bridgehead atoms. The summed E-state index contributed by atoms with van der Waals surface area (Å²) in [6, 6.07) is 2.40. The number of aryl methyl sites for hydroxylation is 2. The molecule has 0 fully saturated rings. The highest BCUT2D eigenvalue weighted by atomic mass is 19.3. The molecule has 0 aliphatic rings. The van der Waals surface area contributed by atoms with E-state index in [0.717, 1.165) is 10.7 Å².